The lowest BCUT2D eigenvalue weighted by Gasteiger charge is -2.31. The van der Waals surface area contributed by atoms with Gasteiger partial charge in [-0.25, -0.2) is 9.37 Å². The Morgan fingerprint density at radius 1 is 1.28 bits per heavy atom. The van der Waals surface area contributed by atoms with Crippen molar-refractivity contribution in [2.75, 3.05) is 39.1 Å². The lowest BCUT2D eigenvalue weighted by molar-refractivity contribution is -0.0113. The summed E-state index contributed by atoms with van der Waals surface area (Å²) in [6.07, 6.45) is 0. The average Bonchev–Trinajstić information content (AvgIpc) is 3.49. The molecule has 0 radical (unpaired) electrons. The number of benzene rings is 2. The number of hydrogen-bond acceptors (Lipinski definition) is 8. The Balaban J connectivity index is 1.51. The van der Waals surface area contributed by atoms with Crippen LogP contribution < -0.4 is 10.5 Å². The van der Waals surface area contributed by atoms with E-state index in [1.807, 2.05) is 19.2 Å². The number of fused-ring (bicyclic) bond motifs is 4. The molecule has 0 bridgehead atoms. The van der Waals surface area contributed by atoms with E-state index in [0.717, 1.165) is 34.4 Å². The van der Waals surface area contributed by atoms with Crippen LogP contribution in [0.5, 0.6) is 5.88 Å². The van der Waals surface area contributed by atoms with Gasteiger partial charge in [0.15, 0.2) is 0 Å². The Kier molecular flexibility index (Phi) is 5.94. The number of nitrogen functional groups attached to an aromatic ring is 1. The van der Waals surface area contributed by atoms with E-state index in [1.165, 1.54) is 6.07 Å². The van der Waals surface area contributed by atoms with Crippen LogP contribution in [-0.4, -0.2) is 49.3 Å². The first-order valence-electron chi connectivity index (χ1n) is 11.5. The van der Waals surface area contributed by atoms with E-state index in [4.69, 9.17) is 36.5 Å². The van der Waals surface area contributed by atoms with E-state index in [0.29, 0.717) is 70.7 Å². The van der Waals surface area contributed by atoms with Gasteiger partial charge in [-0.15, -0.1) is 11.3 Å². The SMILES string of the molecule is CN1CCOC[C@H]1COc1ccc2c3c(c(-c4ccc(F)c5sc(N)c(C#N)c45)c(Cl)c2n1)COC3. The van der Waals surface area contributed by atoms with Crippen molar-refractivity contribution < 1.29 is 18.6 Å². The molecule has 4 aromatic rings. The first-order valence-corrected chi connectivity index (χ1v) is 12.7. The molecule has 0 unspecified atom stereocenters. The van der Waals surface area contributed by atoms with Crippen LogP contribution in [0.15, 0.2) is 24.3 Å². The summed E-state index contributed by atoms with van der Waals surface area (Å²) in [5.41, 5.74) is 10.1. The zero-order chi connectivity index (χ0) is 25.0. The van der Waals surface area contributed by atoms with Gasteiger partial charge in [0.05, 0.1) is 53.3 Å². The number of aromatic nitrogens is 1. The largest absolute Gasteiger partial charge is 0.476 e. The van der Waals surface area contributed by atoms with Gasteiger partial charge in [-0.2, -0.15) is 5.26 Å². The Morgan fingerprint density at radius 3 is 2.92 bits per heavy atom. The minimum Gasteiger partial charge on any atom is -0.476 e. The van der Waals surface area contributed by atoms with Crippen molar-refractivity contribution in [3.8, 4) is 23.1 Å². The molecule has 1 fully saturated rings. The molecule has 1 saturated heterocycles. The first-order chi connectivity index (χ1) is 17.5. The third kappa shape index (κ3) is 3.69. The number of ether oxygens (including phenoxy) is 3. The number of morpholine rings is 1. The second kappa shape index (κ2) is 9.14. The number of nitriles is 1. The van der Waals surface area contributed by atoms with E-state index in [1.54, 1.807) is 6.07 Å². The highest BCUT2D eigenvalue weighted by atomic mass is 35.5. The predicted molar refractivity (Wildman–Crippen MR) is 138 cm³/mol. The number of anilines is 1. The Morgan fingerprint density at radius 2 is 2.11 bits per heavy atom. The van der Waals surface area contributed by atoms with Gasteiger partial charge >= 0.3 is 0 Å². The molecule has 6 rings (SSSR count). The standard InChI is InChI=1S/C26H22ClFN4O3S/c1-32-6-7-33-9-13(32)10-35-20-5-3-14-17-11-34-12-18(17)21(23(27)24(14)31-20)15-2-4-19(28)25-22(15)16(8-29)26(30)36-25/h2-5,13H,6-7,9-12,30H2,1H3/t13-/m0/s1. The molecule has 0 saturated carbocycles. The first kappa shape index (κ1) is 23.4. The highest BCUT2D eigenvalue weighted by Gasteiger charge is 2.28. The molecule has 7 nitrogen and oxygen atoms in total. The number of thiophene rings is 1. The lowest BCUT2D eigenvalue weighted by Crippen LogP contribution is -2.46. The maximum Gasteiger partial charge on any atom is 0.213 e. The fraction of sp³-hybridized carbons (Fsp3) is 0.308. The van der Waals surface area contributed by atoms with Gasteiger partial charge in [0.1, 0.15) is 23.5 Å². The minimum atomic E-state index is -0.428. The van der Waals surface area contributed by atoms with Gasteiger partial charge in [-0.1, -0.05) is 17.7 Å². The van der Waals surface area contributed by atoms with Gasteiger partial charge in [-0.3, -0.25) is 4.90 Å². The maximum absolute atomic E-state index is 14.7. The van der Waals surface area contributed by atoms with Crippen molar-refractivity contribution in [3.05, 3.63) is 51.8 Å². The second-order valence-corrected chi connectivity index (χ2v) is 10.4. The minimum absolute atomic E-state index is 0.136. The summed E-state index contributed by atoms with van der Waals surface area (Å²) in [6, 6.07) is 9.09. The van der Waals surface area contributed by atoms with Crippen molar-refractivity contribution in [2.24, 2.45) is 0 Å². The third-order valence-corrected chi connectivity index (χ3v) is 8.32. The second-order valence-electron chi connectivity index (χ2n) is 8.96. The third-order valence-electron chi connectivity index (χ3n) is 6.93. The van der Waals surface area contributed by atoms with E-state index in [2.05, 4.69) is 11.0 Å². The molecule has 0 spiro atoms. The molecular formula is C26H22ClFN4O3S. The summed E-state index contributed by atoms with van der Waals surface area (Å²) < 4.78 is 32.5. The molecule has 2 aromatic heterocycles. The van der Waals surface area contributed by atoms with Crippen LogP contribution in [0.1, 0.15) is 16.7 Å². The molecule has 2 N–H and O–H groups in total. The smallest absolute Gasteiger partial charge is 0.213 e. The van der Waals surface area contributed by atoms with E-state index >= 15 is 0 Å². The zero-order valence-corrected chi connectivity index (χ0v) is 21.0. The maximum atomic E-state index is 14.7. The highest BCUT2D eigenvalue weighted by molar-refractivity contribution is 7.23. The van der Waals surface area contributed by atoms with Crippen LogP contribution >= 0.6 is 22.9 Å². The molecule has 184 valence electrons. The van der Waals surface area contributed by atoms with E-state index < -0.39 is 5.82 Å². The molecule has 36 heavy (non-hydrogen) atoms. The molecule has 4 heterocycles. The molecular weight excluding hydrogens is 503 g/mol. The van der Waals surface area contributed by atoms with Crippen LogP contribution in [0.2, 0.25) is 5.02 Å². The number of hydrogen-bond donors (Lipinski definition) is 1. The fourth-order valence-electron chi connectivity index (χ4n) is 4.96. The van der Waals surface area contributed by atoms with Crippen LogP contribution in [0.3, 0.4) is 0 Å². The van der Waals surface area contributed by atoms with Crippen LogP contribution in [0, 0.1) is 17.1 Å². The van der Waals surface area contributed by atoms with Crippen LogP contribution in [-0.2, 0) is 22.7 Å². The molecule has 2 aliphatic heterocycles. The van der Waals surface area contributed by atoms with Crippen molar-refractivity contribution >= 4 is 48.9 Å². The van der Waals surface area contributed by atoms with Crippen molar-refractivity contribution in [3.63, 3.8) is 0 Å². The summed E-state index contributed by atoms with van der Waals surface area (Å²) in [4.78, 5) is 6.97. The summed E-state index contributed by atoms with van der Waals surface area (Å²) in [5.74, 6) is 0.0252. The highest BCUT2D eigenvalue weighted by Crippen LogP contribution is 2.48. The monoisotopic (exact) mass is 524 g/mol. The number of nitrogens with zero attached hydrogens (tertiary/aromatic N) is 3. The number of nitrogens with two attached hydrogens (primary N) is 1. The van der Waals surface area contributed by atoms with E-state index in [9.17, 15) is 9.65 Å². The molecule has 2 aliphatic rings. The molecule has 2 aromatic carbocycles. The number of likely N-dealkylation sites (N-methyl/N-ethyl adjacent to an activating group) is 1. The number of pyridine rings is 1. The van der Waals surface area contributed by atoms with Gasteiger partial charge in [0.2, 0.25) is 5.88 Å². The summed E-state index contributed by atoms with van der Waals surface area (Å²) in [5, 5.41) is 11.8. The molecule has 0 amide bonds. The Hall–Kier alpha value is -3.00. The summed E-state index contributed by atoms with van der Waals surface area (Å²) in [7, 11) is 2.05. The number of rotatable bonds is 4. The van der Waals surface area contributed by atoms with Crippen molar-refractivity contribution in [1.29, 1.82) is 5.26 Å². The predicted octanol–water partition coefficient (Wildman–Crippen LogP) is 5.10. The summed E-state index contributed by atoms with van der Waals surface area (Å²) >= 11 is 8.10. The van der Waals surface area contributed by atoms with Gasteiger partial charge in [-0.05, 0) is 35.9 Å². The quantitative estimate of drug-likeness (QED) is 0.397. The zero-order valence-electron chi connectivity index (χ0n) is 19.4. The molecule has 10 heteroatoms. The van der Waals surface area contributed by atoms with Crippen LogP contribution in [0.25, 0.3) is 32.1 Å². The molecule has 1 atom stereocenters. The fourth-order valence-corrected chi connectivity index (χ4v) is 6.27. The Labute approximate surface area is 215 Å². The van der Waals surface area contributed by atoms with Gasteiger partial charge in [0, 0.05) is 28.9 Å². The Bertz CT molecular complexity index is 1570. The molecule has 0 aliphatic carbocycles. The summed E-state index contributed by atoms with van der Waals surface area (Å²) in [6.45, 7) is 3.37. The van der Waals surface area contributed by atoms with Gasteiger partial charge < -0.3 is 19.9 Å². The van der Waals surface area contributed by atoms with Crippen molar-refractivity contribution in [2.45, 2.75) is 19.3 Å². The normalized spacial score (nSPS) is 18.0. The number of halogens is 2. The van der Waals surface area contributed by atoms with E-state index in [-0.39, 0.29) is 16.6 Å². The van der Waals surface area contributed by atoms with Gasteiger partial charge in [0.25, 0.3) is 0 Å². The van der Waals surface area contributed by atoms with Crippen LogP contribution in [0.4, 0.5) is 9.39 Å². The van der Waals surface area contributed by atoms with Crippen molar-refractivity contribution in [1.82, 2.24) is 9.88 Å². The average molecular weight is 525 g/mol. The topological polar surface area (TPSA) is 93.6 Å². The lowest BCUT2D eigenvalue weighted by atomic mass is 9.91.